The van der Waals surface area contributed by atoms with Crippen LogP contribution in [0.5, 0.6) is 0 Å². The molecule has 0 aliphatic heterocycles. The Kier molecular flexibility index (Phi) is 3.41. The van der Waals surface area contributed by atoms with Gasteiger partial charge in [-0.1, -0.05) is 24.8 Å². The molecule has 0 aliphatic rings. The number of sulfone groups is 1. The molecule has 4 nitrogen and oxygen atoms in total. The summed E-state index contributed by atoms with van der Waals surface area (Å²) >= 11 is 0. The highest BCUT2D eigenvalue weighted by atomic mass is 32.2. The summed E-state index contributed by atoms with van der Waals surface area (Å²) < 4.78 is 23.4. The zero-order chi connectivity index (χ0) is 12.2. The fourth-order valence-electron chi connectivity index (χ4n) is 1.05. The van der Waals surface area contributed by atoms with Gasteiger partial charge in [0.1, 0.15) is 6.07 Å². The van der Waals surface area contributed by atoms with E-state index in [1.807, 2.05) is 0 Å². The predicted molar refractivity (Wildman–Crippen MR) is 61.2 cm³/mol. The van der Waals surface area contributed by atoms with Crippen LogP contribution in [0, 0.1) is 11.3 Å². The predicted octanol–water partition coefficient (Wildman–Crippen LogP) is 1.75. The zero-order valence-electron chi connectivity index (χ0n) is 8.21. The smallest absolute Gasteiger partial charge is 0.222 e. The van der Waals surface area contributed by atoms with E-state index in [9.17, 15) is 8.42 Å². The minimum atomic E-state index is -3.97. The largest absolute Gasteiger partial charge is 0.762 e. The molecule has 0 atom stereocenters. The maximum absolute atomic E-state index is 11.7. The van der Waals surface area contributed by atoms with Gasteiger partial charge in [0.15, 0.2) is 4.91 Å². The molecule has 80 valence electrons. The summed E-state index contributed by atoms with van der Waals surface area (Å²) in [6.07, 6.45) is 1.57. The van der Waals surface area contributed by atoms with Crippen LogP contribution in [0.25, 0.3) is 11.5 Å². The molecule has 0 N–H and O–H groups in total. The van der Waals surface area contributed by atoms with Gasteiger partial charge in [0.25, 0.3) is 0 Å². The summed E-state index contributed by atoms with van der Waals surface area (Å²) in [6, 6.07) is 7.13. The number of benzene rings is 1. The van der Waals surface area contributed by atoms with Crippen LogP contribution >= 0.6 is 0 Å². The van der Waals surface area contributed by atoms with E-state index < -0.39 is 14.7 Å². The molecule has 0 spiro atoms. The highest BCUT2D eigenvalue weighted by molar-refractivity contribution is 7.96. The number of nitriles is 1. The standard InChI is InChI=1S/C11H7N2O2S/c1-2-9-3-5-10(6-4-9)16(14,15)11(7-12)8-13/h2-6H,1H2/q-1. The van der Waals surface area contributed by atoms with Crippen molar-refractivity contribution in [1.82, 2.24) is 0 Å². The van der Waals surface area contributed by atoms with Crippen LogP contribution in [-0.4, -0.2) is 14.3 Å². The van der Waals surface area contributed by atoms with Crippen molar-refractivity contribution in [3.8, 4) is 6.07 Å². The molecule has 0 aliphatic carbocycles. The molecular formula is C11H7N2O2S-. The summed E-state index contributed by atoms with van der Waals surface area (Å²) in [7, 11) is -3.97. The Bertz CT molecular complexity index is 600. The molecule has 0 fully saturated rings. The van der Waals surface area contributed by atoms with Gasteiger partial charge >= 0.3 is 0 Å². The molecule has 0 aromatic heterocycles. The topological polar surface area (TPSA) is 80.2 Å². The lowest BCUT2D eigenvalue weighted by Gasteiger charge is -2.02. The fraction of sp³-hybridized carbons (Fsp3) is 0. The van der Waals surface area contributed by atoms with Crippen LogP contribution in [0.3, 0.4) is 0 Å². The summed E-state index contributed by atoms with van der Waals surface area (Å²) in [6.45, 7) is 3.53. The van der Waals surface area contributed by atoms with Gasteiger partial charge in [-0.25, -0.2) is 14.3 Å². The molecule has 5 heteroatoms. The SMILES string of the molecule is C=Cc1ccc(S(=O)(=O)C(=C=[N-])C#N)cc1. The summed E-state index contributed by atoms with van der Waals surface area (Å²) in [5.74, 6) is 1.37. The first-order valence-corrected chi connectivity index (χ1v) is 5.69. The number of nitrogens with zero attached hydrogens (tertiary/aromatic N) is 2. The van der Waals surface area contributed by atoms with E-state index in [0.717, 1.165) is 5.56 Å². The fourth-order valence-corrected chi connectivity index (χ4v) is 2.02. The van der Waals surface area contributed by atoms with Crippen molar-refractivity contribution in [3.63, 3.8) is 0 Å². The Morgan fingerprint density at radius 1 is 1.38 bits per heavy atom. The van der Waals surface area contributed by atoms with Crippen molar-refractivity contribution < 1.29 is 8.42 Å². The molecule has 0 amide bonds. The molecular weight excluding hydrogens is 224 g/mol. The van der Waals surface area contributed by atoms with Crippen LogP contribution in [0.15, 0.2) is 40.6 Å². The van der Waals surface area contributed by atoms with Crippen LogP contribution in [0.1, 0.15) is 5.56 Å². The second-order valence-electron chi connectivity index (χ2n) is 2.83. The third-order valence-electron chi connectivity index (χ3n) is 1.90. The molecule has 1 aromatic rings. The van der Waals surface area contributed by atoms with E-state index in [1.165, 1.54) is 24.1 Å². The third kappa shape index (κ3) is 2.09. The highest BCUT2D eigenvalue weighted by Crippen LogP contribution is 2.17. The second kappa shape index (κ2) is 4.58. The van der Waals surface area contributed by atoms with E-state index >= 15 is 0 Å². The lowest BCUT2D eigenvalue weighted by Crippen LogP contribution is -2.03. The van der Waals surface area contributed by atoms with Crippen LogP contribution in [0.2, 0.25) is 0 Å². The Labute approximate surface area is 93.6 Å². The van der Waals surface area contributed by atoms with E-state index in [-0.39, 0.29) is 4.90 Å². The van der Waals surface area contributed by atoms with E-state index in [1.54, 1.807) is 18.2 Å². The van der Waals surface area contributed by atoms with Gasteiger partial charge in [0.05, 0.1) is 4.90 Å². The molecule has 0 bridgehead atoms. The van der Waals surface area contributed by atoms with Gasteiger partial charge in [0, 0.05) is 0 Å². The van der Waals surface area contributed by atoms with Crippen LogP contribution in [-0.2, 0) is 9.84 Å². The van der Waals surface area contributed by atoms with Crippen molar-refractivity contribution >= 4 is 21.8 Å². The van der Waals surface area contributed by atoms with Gasteiger partial charge in [0.2, 0.25) is 9.84 Å². The third-order valence-corrected chi connectivity index (χ3v) is 3.51. The lowest BCUT2D eigenvalue weighted by molar-refractivity contribution is 0.603. The minimum absolute atomic E-state index is 0.0730. The van der Waals surface area contributed by atoms with Crippen molar-refractivity contribution in [3.05, 3.63) is 46.7 Å². The van der Waals surface area contributed by atoms with Gasteiger partial charge < -0.3 is 5.41 Å². The molecule has 16 heavy (non-hydrogen) atoms. The van der Waals surface area contributed by atoms with E-state index in [2.05, 4.69) is 6.58 Å². The van der Waals surface area contributed by atoms with Crippen molar-refractivity contribution in [2.24, 2.45) is 0 Å². The first-order valence-electron chi connectivity index (χ1n) is 4.21. The van der Waals surface area contributed by atoms with E-state index in [0.29, 0.717) is 0 Å². The molecule has 0 heterocycles. The maximum atomic E-state index is 11.7. The normalized spacial score (nSPS) is 9.94. The average Bonchev–Trinajstić information content (AvgIpc) is 2.30. The monoisotopic (exact) mass is 231 g/mol. The van der Waals surface area contributed by atoms with Crippen molar-refractivity contribution in [1.29, 1.82) is 5.26 Å². The quantitative estimate of drug-likeness (QED) is 0.587. The highest BCUT2D eigenvalue weighted by Gasteiger charge is 2.18. The molecule has 1 aromatic carbocycles. The molecule has 0 radical (unpaired) electrons. The summed E-state index contributed by atoms with van der Waals surface area (Å²) in [5, 5.41) is 17.0. The summed E-state index contributed by atoms with van der Waals surface area (Å²) in [5.41, 5.74) is 0.759. The lowest BCUT2D eigenvalue weighted by atomic mass is 10.2. The Morgan fingerprint density at radius 3 is 2.31 bits per heavy atom. The molecule has 0 unspecified atom stereocenters. The molecule has 0 saturated carbocycles. The number of allylic oxidation sites excluding steroid dienone is 1. The van der Waals surface area contributed by atoms with Gasteiger partial charge in [-0.3, -0.25) is 0 Å². The number of hydrogen-bond donors (Lipinski definition) is 0. The Morgan fingerprint density at radius 2 is 1.94 bits per heavy atom. The van der Waals surface area contributed by atoms with Gasteiger partial charge in [-0.05, 0) is 17.7 Å². The molecule has 0 saturated heterocycles. The Hall–Kier alpha value is -2.15. The van der Waals surface area contributed by atoms with Gasteiger partial charge in [-0.2, -0.15) is 5.26 Å². The Balaban J connectivity index is 3.35. The van der Waals surface area contributed by atoms with Crippen LogP contribution in [0.4, 0.5) is 0 Å². The second-order valence-corrected chi connectivity index (χ2v) is 4.72. The van der Waals surface area contributed by atoms with Gasteiger partial charge in [-0.15, -0.1) is 0 Å². The van der Waals surface area contributed by atoms with Crippen molar-refractivity contribution in [2.75, 3.05) is 0 Å². The minimum Gasteiger partial charge on any atom is -0.762 e. The first kappa shape index (κ1) is 11.9. The zero-order valence-corrected chi connectivity index (χ0v) is 9.03. The average molecular weight is 231 g/mol. The van der Waals surface area contributed by atoms with Crippen LogP contribution < -0.4 is 0 Å². The maximum Gasteiger partial charge on any atom is 0.222 e. The number of rotatable bonds is 3. The van der Waals surface area contributed by atoms with Crippen molar-refractivity contribution in [2.45, 2.75) is 4.90 Å². The molecule has 1 rings (SSSR count). The number of hydrogen-bond acceptors (Lipinski definition) is 3. The first-order chi connectivity index (χ1) is 7.56. The summed E-state index contributed by atoms with van der Waals surface area (Å²) in [4.78, 5) is -0.880. The van der Waals surface area contributed by atoms with E-state index in [4.69, 9.17) is 10.7 Å².